The van der Waals surface area contributed by atoms with Gasteiger partial charge in [0.1, 0.15) is 5.60 Å². The number of hydrogen-bond donors (Lipinski definition) is 0. The summed E-state index contributed by atoms with van der Waals surface area (Å²) in [6.07, 6.45) is 3.37. The van der Waals surface area contributed by atoms with Crippen molar-refractivity contribution in [1.29, 1.82) is 0 Å². The van der Waals surface area contributed by atoms with Crippen LogP contribution in [0.4, 0.5) is 0 Å². The number of ether oxygens (including phenoxy) is 1. The highest BCUT2D eigenvalue weighted by Gasteiger charge is 2.21. The molecule has 0 atom stereocenters. The maximum absolute atomic E-state index is 5.89. The Morgan fingerprint density at radius 2 is 1.89 bits per heavy atom. The molecule has 0 amide bonds. The third-order valence-corrected chi connectivity index (χ3v) is 3.34. The van der Waals surface area contributed by atoms with Gasteiger partial charge < -0.3 is 9.16 Å². The van der Waals surface area contributed by atoms with E-state index in [0.29, 0.717) is 15.5 Å². The molecule has 0 N–H and O–H groups in total. The van der Waals surface area contributed by atoms with Crippen LogP contribution in [0.2, 0.25) is 5.04 Å². The summed E-state index contributed by atoms with van der Waals surface area (Å²) in [4.78, 5) is 4.01. The van der Waals surface area contributed by atoms with E-state index in [0.717, 1.165) is 5.56 Å². The van der Waals surface area contributed by atoms with Crippen LogP contribution < -0.4 is 4.74 Å². The zero-order valence-corrected chi connectivity index (χ0v) is 13.5. The second kappa shape index (κ2) is 6.22. The molecule has 0 saturated carbocycles. The highest BCUT2D eigenvalue weighted by Crippen LogP contribution is 2.23. The SMILES string of the molecule is COc1cnccc1C#CC(C)(C)O[Si]C(C)(C)C. The zero-order chi connectivity index (χ0) is 14.5. The van der Waals surface area contributed by atoms with Gasteiger partial charge in [-0.2, -0.15) is 0 Å². The van der Waals surface area contributed by atoms with Crippen LogP contribution in [0.5, 0.6) is 5.75 Å². The number of methoxy groups -OCH3 is 1. The number of pyridine rings is 1. The minimum atomic E-state index is -0.472. The Labute approximate surface area is 118 Å². The fourth-order valence-corrected chi connectivity index (χ4v) is 1.78. The first kappa shape index (κ1) is 15.7. The standard InChI is InChI=1S/C15H21NO2Si/c1-14(2,3)19-18-15(4,5)9-7-12-8-10-16-11-13(12)17-6/h8,10-11H,1-6H3. The van der Waals surface area contributed by atoms with Gasteiger partial charge in [0.2, 0.25) is 9.76 Å². The van der Waals surface area contributed by atoms with E-state index < -0.39 is 5.60 Å². The van der Waals surface area contributed by atoms with Crippen molar-refractivity contribution in [3.8, 4) is 17.6 Å². The quantitative estimate of drug-likeness (QED) is 0.627. The van der Waals surface area contributed by atoms with Gasteiger partial charge >= 0.3 is 0 Å². The van der Waals surface area contributed by atoms with Crippen molar-refractivity contribution in [2.24, 2.45) is 0 Å². The van der Waals surface area contributed by atoms with Crippen molar-refractivity contribution < 1.29 is 9.16 Å². The van der Waals surface area contributed by atoms with Gasteiger partial charge in [0, 0.05) is 6.20 Å². The molecule has 1 aromatic heterocycles. The summed E-state index contributed by atoms with van der Waals surface area (Å²) >= 11 is 0. The molecule has 0 aromatic carbocycles. The smallest absolute Gasteiger partial charge is 0.237 e. The zero-order valence-electron chi connectivity index (χ0n) is 12.5. The van der Waals surface area contributed by atoms with Crippen molar-refractivity contribution in [2.75, 3.05) is 7.11 Å². The van der Waals surface area contributed by atoms with Crippen molar-refractivity contribution in [2.45, 2.75) is 45.3 Å². The molecule has 19 heavy (non-hydrogen) atoms. The summed E-state index contributed by atoms with van der Waals surface area (Å²) in [6.45, 7) is 10.4. The topological polar surface area (TPSA) is 31.4 Å². The number of nitrogens with zero attached hydrogens (tertiary/aromatic N) is 1. The minimum absolute atomic E-state index is 0.160. The molecular formula is C15H21NO2Si. The van der Waals surface area contributed by atoms with E-state index in [1.165, 1.54) is 0 Å². The van der Waals surface area contributed by atoms with Gasteiger partial charge in [-0.15, -0.1) is 0 Å². The van der Waals surface area contributed by atoms with Crippen LogP contribution in [-0.2, 0) is 4.43 Å². The first-order chi connectivity index (χ1) is 8.73. The molecule has 0 unspecified atom stereocenters. The lowest BCUT2D eigenvalue weighted by Gasteiger charge is -2.24. The van der Waals surface area contributed by atoms with Crippen LogP contribution in [0.25, 0.3) is 0 Å². The molecule has 1 rings (SSSR count). The molecule has 0 bridgehead atoms. The molecular weight excluding hydrogens is 254 g/mol. The fraction of sp³-hybridized carbons (Fsp3) is 0.533. The summed E-state index contributed by atoms with van der Waals surface area (Å²) in [5.41, 5.74) is 0.355. The van der Waals surface area contributed by atoms with E-state index in [4.69, 9.17) is 9.16 Å². The summed E-state index contributed by atoms with van der Waals surface area (Å²) in [5.74, 6) is 6.94. The average molecular weight is 275 g/mol. The molecule has 2 radical (unpaired) electrons. The van der Waals surface area contributed by atoms with Gasteiger partial charge in [0.15, 0.2) is 5.75 Å². The second-order valence-corrected chi connectivity index (χ2v) is 7.70. The van der Waals surface area contributed by atoms with Gasteiger partial charge in [-0.05, 0) is 25.0 Å². The van der Waals surface area contributed by atoms with Crippen LogP contribution in [0.3, 0.4) is 0 Å². The fourth-order valence-electron chi connectivity index (χ4n) is 1.17. The Balaban J connectivity index is 2.80. The molecule has 0 fully saturated rings. The normalized spacial score (nSPS) is 11.7. The minimum Gasteiger partial charge on any atom is -0.494 e. The maximum atomic E-state index is 5.89. The predicted octanol–water partition coefficient (Wildman–Crippen LogP) is 3.07. The largest absolute Gasteiger partial charge is 0.494 e. The first-order valence-electron chi connectivity index (χ1n) is 6.20. The van der Waals surface area contributed by atoms with E-state index in [1.807, 2.05) is 19.9 Å². The maximum Gasteiger partial charge on any atom is 0.237 e. The number of rotatable bonds is 3. The van der Waals surface area contributed by atoms with Crippen molar-refractivity contribution in [1.82, 2.24) is 4.98 Å². The van der Waals surface area contributed by atoms with E-state index in [9.17, 15) is 0 Å². The van der Waals surface area contributed by atoms with Gasteiger partial charge in [-0.25, -0.2) is 0 Å². The average Bonchev–Trinajstić information content (AvgIpc) is 2.34. The molecule has 4 heteroatoms. The van der Waals surface area contributed by atoms with Gasteiger partial charge in [0.25, 0.3) is 0 Å². The monoisotopic (exact) mass is 275 g/mol. The van der Waals surface area contributed by atoms with E-state index in [-0.39, 0.29) is 5.04 Å². The third-order valence-electron chi connectivity index (χ3n) is 2.12. The molecule has 3 nitrogen and oxygen atoms in total. The molecule has 0 spiro atoms. The molecule has 0 aliphatic heterocycles. The number of hydrogen-bond acceptors (Lipinski definition) is 3. The van der Waals surface area contributed by atoms with Gasteiger partial charge in [0.05, 0.1) is 18.9 Å². The summed E-state index contributed by atoms with van der Waals surface area (Å²) in [7, 11) is 2.03. The Hall–Kier alpha value is -1.31. The van der Waals surface area contributed by atoms with Crippen molar-refractivity contribution in [3.63, 3.8) is 0 Å². The van der Waals surface area contributed by atoms with Crippen LogP contribution >= 0.6 is 0 Å². The van der Waals surface area contributed by atoms with Gasteiger partial charge in [-0.3, -0.25) is 4.98 Å². The van der Waals surface area contributed by atoms with Crippen molar-refractivity contribution in [3.05, 3.63) is 24.0 Å². The lowest BCUT2D eigenvalue weighted by molar-refractivity contribution is 0.174. The van der Waals surface area contributed by atoms with E-state index >= 15 is 0 Å². The lowest BCUT2D eigenvalue weighted by atomic mass is 10.1. The summed E-state index contributed by atoms with van der Waals surface area (Å²) in [5, 5.41) is 0.160. The predicted molar refractivity (Wildman–Crippen MR) is 78.3 cm³/mol. The Morgan fingerprint density at radius 3 is 2.47 bits per heavy atom. The summed E-state index contributed by atoms with van der Waals surface area (Å²) in [6, 6.07) is 1.84. The van der Waals surface area contributed by atoms with Gasteiger partial charge in [-0.1, -0.05) is 32.6 Å². The Kier molecular flexibility index (Phi) is 5.16. The van der Waals surface area contributed by atoms with Crippen LogP contribution in [0.1, 0.15) is 40.2 Å². The first-order valence-corrected chi connectivity index (χ1v) is 7.11. The van der Waals surface area contributed by atoms with Crippen LogP contribution in [-0.4, -0.2) is 27.5 Å². The molecule has 0 aliphatic carbocycles. The Bertz CT molecular complexity index is 481. The molecule has 0 aliphatic rings. The van der Waals surface area contributed by atoms with E-state index in [1.54, 1.807) is 19.5 Å². The van der Waals surface area contributed by atoms with Crippen LogP contribution in [0, 0.1) is 11.8 Å². The van der Waals surface area contributed by atoms with Crippen LogP contribution in [0.15, 0.2) is 18.5 Å². The second-order valence-electron chi connectivity index (χ2n) is 5.79. The number of aromatic nitrogens is 1. The Morgan fingerprint density at radius 1 is 1.21 bits per heavy atom. The highest BCUT2D eigenvalue weighted by atomic mass is 28.2. The molecule has 102 valence electrons. The molecule has 0 saturated heterocycles. The highest BCUT2D eigenvalue weighted by molar-refractivity contribution is 6.31. The van der Waals surface area contributed by atoms with E-state index in [2.05, 4.69) is 37.6 Å². The lowest BCUT2D eigenvalue weighted by Crippen LogP contribution is -2.28. The third kappa shape index (κ3) is 5.91. The molecule has 1 aromatic rings. The molecule has 1 heterocycles. The summed E-state index contributed by atoms with van der Waals surface area (Å²) < 4.78 is 11.1. The van der Waals surface area contributed by atoms with Crippen molar-refractivity contribution >= 4 is 9.76 Å².